The molecule has 0 saturated heterocycles. The van der Waals surface area contributed by atoms with Crippen LogP contribution in [0.15, 0.2) is 11.6 Å². The first-order valence-electron chi connectivity index (χ1n) is 6.42. The predicted octanol–water partition coefficient (Wildman–Crippen LogP) is 3.41. The van der Waals surface area contributed by atoms with Gasteiger partial charge in [0.15, 0.2) is 0 Å². The van der Waals surface area contributed by atoms with Crippen LogP contribution in [0.3, 0.4) is 0 Å². The van der Waals surface area contributed by atoms with Crippen LogP contribution in [-0.4, -0.2) is 17.6 Å². The van der Waals surface area contributed by atoms with Gasteiger partial charge in [0.2, 0.25) is 0 Å². The van der Waals surface area contributed by atoms with Gasteiger partial charge in [-0.25, -0.2) is 4.98 Å². The van der Waals surface area contributed by atoms with E-state index in [0.717, 1.165) is 18.5 Å². The highest BCUT2D eigenvalue weighted by molar-refractivity contribution is 7.09. The highest BCUT2D eigenvalue weighted by atomic mass is 32.1. The van der Waals surface area contributed by atoms with Crippen LogP contribution in [0.2, 0.25) is 0 Å². The molecule has 1 aromatic rings. The van der Waals surface area contributed by atoms with Crippen LogP contribution in [0.1, 0.15) is 50.5 Å². The minimum absolute atomic E-state index is 0.556. The number of hydrogen-bond donors (Lipinski definition) is 1. The zero-order chi connectivity index (χ0) is 11.4. The quantitative estimate of drug-likeness (QED) is 0.850. The lowest BCUT2D eigenvalue weighted by molar-refractivity contribution is 0.465. The van der Waals surface area contributed by atoms with Gasteiger partial charge < -0.3 is 5.32 Å². The van der Waals surface area contributed by atoms with Crippen molar-refractivity contribution in [1.82, 2.24) is 10.3 Å². The van der Waals surface area contributed by atoms with E-state index < -0.39 is 0 Å². The zero-order valence-corrected chi connectivity index (χ0v) is 11.1. The number of aromatic nitrogens is 1. The highest BCUT2D eigenvalue weighted by Gasteiger charge is 2.23. The van der Waals surface area contributed by atoms with Gasteiger partial charge in [0.25, 0.3) is 0 Å². The van der Waals surface area contributed by atoms with Crippen molar-refractivity contribution in [3.63, 3.8) is 0 Å². The zero-order valence-electron chi connectivity index (χ0n) is 10.3. The van der Waals surface area contributed by atoms with Crippen molar-refractivity contribution < 1.29 is 0 Å². The molecule has 0 bridgehead atoms. The molecule has 0 aliphatic heterocycles. The maximum atomic E-state index is 4.37. The molecular formula is C13H22N2S. The minimum Gasteiger partial charge on any atom is -0.313 e. The molecule has 1 saturated carbocycles. The minimum atomic E-state index is 0.556. The summed E-state index contributed by atoms with van der Waals surface area (Å²) < 4.78 is 0. The summed E-state index contributed by atoms with van der Waals surface area (Å²) in [7, 11) is 0. The Kier molecular flexibility index (Phi) is 4.36. The first-order chi connectivity index (χ1) is 7.79. The van der Waals surface area contributed by atoms with Crippen molar-refractivity contribution in [3.05, 3.63) is 16.6 Å². The van der Waals surface area contributed by atoms with E-state index in [2.05, 4.69) is 29.5 Å². The third-order valence-electron chi connectivity index (χ3n) is 3.70. The van der Waals surface area contributed by atoms with Crippen molar-refractivity contribution in [2.45, 2.75) is 51.5 Å². The highest BCUT2D eigenvalue weighted by Crippen LogP contribution is 2.28. The Morgan fingerprint density at radius 1 is 1.56 bits per heavy atom. The number of hydrogen-bond acceptors (Lipinski definition) is 3. The Morgan fingerprint density at radius 2 is 2.44 bits per heavy atom. The van der Waals surface area contributed by atoms with Crippen LogP contribution in [0.25, 0.3) is 0 Å². The normalized spacial score (nSPS) is 27.1. The summed E-state index contributed by atoms with van der Waals surface area (Å²) in [5, 5.41) is 7.03. The van der Waals surface area contributed by atoms with Crippen LogP contribution in [0, 0.1) is 5.92 Å². The molecular weight excluding hydrogens is 216 g/mol. The third-order valence-corrected chi connectivity index (χ3v) is 4.71. The maximum absolute atomic E-state index is 4.37. The smallest absolute Gasteiger partial charge is 0.0965 e. The first-order valence-corrected chi connectivity index (χ1v) is 7.30. The molecule has 1 heterocycles. The van der Waals surface area contributed by atoms with Crippen LogP contribution in [0.5, 0.6) is 0 Å². The van der Waals surface area contributed by atoms with Gasteiger partial charge in [0.1, 0.15) is 0 Å². The molecule has 0 spiro atoms. The van der Waals surface area contributed by atoms with E-state index in [9.17, 15) is 0 Å². The summed E-state index contributed by atoms with van der Waals surface area (Å²) in [6.07, 6.45) is 7.41. The summed E-state index contributed by atoms with van der Waals surface area (Å²) in [6, 6.07) is 0.757. The molecule has 3 heteroatoms. The Labute approximate surface area is 102 Å². The fraction of sp³-hybridized carbons (Fsp3) is 0.769. The molecule has 2 nitrogen and oxygen atoms in total. The fourth-order valence-corrected chi connectivity index (χ4v) is 3.24. The lowest BCUT2D eigenvalue weighted by Crippen LogP contribution is -2.30. The first kappa shape index (κ1) is 12.1. The molecule has 90 valence electrons. The number of nitrogens with one attached hydrogen (secondary N) is 1. The van der Waals surface area contributed by atoms with Crippen LogP contribution in [-0.2, 0) is 0 Å². The molecule has 0 aromatic carbocycles. The van der Waals surface area contributed by atoms with E-state index in [1.807, 2.05) is 6.20 Å². The van der Waals surface area contributed by atoms with Crippen molar-refractivity contribution >= 4 is 11.3 Å². The lowest BCUT2D eigenvalue weighted by atomic mass is 10.1. The monoisotopic (exact) mass is 238 g/mol. The summed E-state index contributed by atoms with van der Waals surface area (Å²) >= 11 is 1.77. The molecule has 1 aliphatic carbocycles. The van der Waals surface area contributed by atoms with Crippen LogP contribution < -0.4 is 5.32 Å². The van der Waals surface area contributed by atoms with Gasteiger partial charge in [-0.3, -0.25) is 0 Å². The van der Waals surface area contributed by atoms with Gasteiger partial charge >= 0.3 is 0 Å². The second-order valence-electron chi connectivity index (χ2n) is 4.96. The Hall–Kier alpha value is -0.410. The molecule has 1 aliphatic rings. The molecule has 2 rings (SSSR count). The lowest BCUT2D eigenvalue weighted by Gasteiger charge is -2.15. The van der Waals surface area contributed by atoms with E-state index in [-0.39, 0.29) is 0 Å². The van der Waals surface area contributed by atoms with Crippen molar-refractivity contribution in [3.8, 4) is 0 Å². The van der Waals surface area contributed by atoms with Crippen molar-refractivity contribution in [2.24, 2.45) is 5.92 Å². The molecule has 16 heavy (non-hydrogen) atoms. The van der Waals surface area contributed by atoms with Crippen LogP contribution in [0.4, 0.5) is 0 Å². The number of thiazole rings is 1. The molecule has 0 radical (unpaired) electrons. The predicted molar refractivity (Wildman–Crippen MR) is 70.0 cm³/mol. The van der Waals surface area contributed by atoms with E-state index in [1.54, 1.807) is 11.3 Å². The van der Waals surface area contributed by atoms with Gasteiger partial charge in [-0.2, -0.15) is 0 Å². The van der Waals surface area contributed by atoms with Crippen molar-refractivity contribution in [1.29, 1.82) is 0 Å². The largest absolute Gasteiger partial charge is 0.313 e. The van der Waals surface area contributed by atoms with Gasteiger partial charge in [-0.1, -0.05) is 20.3 Å². The second kappa shape index (κ2) is 5.78. The van der Waals surface area contributed by atoms with E-state index in [0.29, 0.717) is 5.92 Å². The average Bonchev–Trinajstić information content (AvgIpc) is 2.96. The molecule has 1 N–H and O–H groups in total. The average molecular weight is 238 g/mol. The van der Waals surface area contributed by atoms with E-state index >= 15 is 0 Å². The fourth-order valence-electron chi connectivity index (χ4n) is 2.54. The molecule has 0 amide bonds. The third kappa shape index (κ3) is 3.05. The summed E-state index contributed by atoms with van der Waals surface area (Å²) in [6.45, 7) is 5.65. The molecule has 3 atom stereocenters. The van der Waals surface area contributed by atoms with Gasteiger partial charge in [0, 0.05) is 30.1 Å². The second-order valence-corrected chi connectivity index (χ2v) is 5.89. The summed E-state index contributed by atoms with van der Waals surface area (Å²) in [5.74, 6) is 1.52. The van der Waals surface area contributed by atoms with Gasteiger partial charge in [0.05, 0.1) is 5.01 Å². The molecule has 3 unspecified atom stereocenters. The van der Waals surface area contributed by atoms with Gasteiger partial charge in [-0.15, -0.1) is 11.3 Å². The number of rotatable bonds is 5. The molecule has 1 aromatic heterocycles. The Morgan fingerprint density at radius 3 is 3.06 bits per heavy atom. The molecule has 1 fully saturated rings. The summed E-state index contributed by atoms with van der Waals surface area (Å²) in [4.78, 5) is 4.37. The Balaban J connectivity index is 1.72. The standard InChI is InChI=1S/C13H22N2S/c1-3-11-4-5-12(8-11)15-9-10(2)13-14-6-7-16-13/h6-7,10-12,15H,3-5,8-9H2,1-2H3. The van der Waals surface area contributed by atoms with Crippen molar-refractivity contribution in [2.75, 3.05) is 6.54 Å². The number of nitrogens with zero attached hydrogens (tertiary/aromatic N) is 1. The summed E-state index contributed by atoms with van der Waals surface area (Å²) in [5.41, 5.74) is 0. The Bertz CT molecular complexity index is 297. The van der Waals surface area contributed by atoms with Crippen LogP contribution >= 0.6 is 11.3 Å². The topological polar surface area (TPSA) is 24.9 Å². The SMILES string of the molecule is CCC1CCC(NCC(C)c2nccs2)C1. The van der Waals surface area contributed by atoms with E-state index in [4.69, 9.17) is 0 Å². The maximum Gasteiger partial charge on any atom is 0.0965 e. The van der Waals surface area contributed by atoms with Gasteiger partial charge in [-0.05, 0) is 25.2 Å². The van der Waals surface area contributed by atoms with E-state index in [1.165, 1.54) is 30.7 Å².